The van der Waals surface area contributed by atoms with E-state index in [0.717, 1.165) is 30.1 Å². The summed E-state index contributed by atoms with van der Waals surface area (Å²) < 4.78 is 5.45. The number of halogens is 2. The molecular formula is C20H27Cl2N3O2. The lowest BCUT2D eigenvalue weighted by Gasteiger charge is -2.38. The van der Waals surface area contributed by atoms with Crippen LogP contribution in [0.3, 0.4) is 0 Å². The predicted molar refractivity (Wildman–Crippen MR) is 115 cm³/mol. The van der Waals surface area contributed by atoms with Crippen molar-refractivity contribution in [2.45, 2.75) is 5.92 Å². The van der Waals surface area contributed by atoms with Crippen LogP contribution in [-0.4, -0.2) is 50.6 Å². The normalized spacial score (nSPS) is 14.6. The molecule has 0 bridgehead atoms. The molecule has 0 spiro atoms. The van der Waals surface area contributed by atoms with E-state index >= 15 is 0 Å². The molecule has 7 heteroatoms. The van der Waals surface area contributed by atoms with Gasteiger partial charge in [0.1, 0.15) is 5.75 Å². The molecule has 3 rings (SSSR count). The Balaban J connectivity index is 0.00000182. The van der Waals surface area contributed by atoms with E-state index in [9.17, 15) is 4.79 Å². The van der Waals surface area contributed by atoms with Crippen molar-refractivity contribution in [1.29, 1.82) is 0 Å². The minimum Gasteiger partial charge on any atom is -0.495 e. The molecule has 0 aromatic heterocycles. The highest BCUT2D eigenvalue weighted by atomic mass is 35.5. The van der Waals surface area contributed by atoms with Gasteiger partial charge in [-0.1, -0.05) is 42.5 Å². The largest absolute Gasteiger partial charge is 0.495 e. The minimum absolute atomic E-state index is 0. The highest BCUT2D eigenvalue weighted by Gasteiger charge is 2.28. The number of carbonyl (C=O) groups excluding carboxylic acids is 1. The van der Waals surface area contributed by atoms with Gasteiger partial charge in [0.15, 0.2) is 0 Å². The van der Waals surface area contributed by atoms with Gasteiger partial charge in [0.25, 0.3) is 0 Å². The lowest BCUT2D eigenvalue weighted by Crippen LogP contribution is -2.50. The van der Waals surface area contributed by atoms with E-state index in [2.05, 4.69) is 11.0 Å². The fourth-order valence-electron chi connectivity index (χ4n) is 3.34. The summed E-state index contributed by atoms with van der Waals surface area (Å²) in [5, 5.41) is 0. The smallest absolute Gasteiger partial charge is 0.231 e. The maximum atomic E-state index is 12.9. The van der Waals surface area contributed by atoms with Crippen LogP contribution in [0.2, 0.25) is 0 Å². The number of amides is 1. The molecule has 2 N–H and O–H groups in total. The number of nitrogens with two attached hydrogens (primary N) is 1. The fraction of sp³-hybridized carbons (Fsp3) is 0.350. The molecule has 1 aliphatic rings. The van der Waals surface area contributed by atoms with Gasteiger partial charge in [-0.25, -0.2) is 0 Å². The highest BCUT2D eigenvalue weighted by Crippen LogP contribution is 2.29. The van der Waals surface area contributed by atoms with Crippen LogP contribution in [-0.2, 0) is 4.79 Å². The van der Waals surface area contributed by atoms with Crippen molar-refractivity contribution in [2.24, 2.45) is 5.73 Å². The summed E-state index contributed by atoms with van der Waals surface area (Å²) in [6, 6.07) is 17.8. The van der Waals surface area contributed by atoms with Gasteiger partial charge in [0, 0.05) is 32.7 Å². The minimum atomic E-state index is -0.265. The van der Waals surface area contributed by atoms with Crippen LogP contribution in [0.1, 0.15) is 11.5 Å². The van der Waals surface area contributed by atoms with E-state index < -0.39 is 0 Å². The number of rotatable bonds is 5. The monoisotopic (exact) mass is 411 g/mol. The number of piperazine rings is 1. The third-order valence-electron chi connectivity index (χ3n) is 4.75. The van der Waals surface area contributed by atoms with Gasteiger partial charge in [-0.05, 0) is 17.7 Å². The fourth-order valence-corrected chi connectivity index (χ4v) is 3.34. The van der Waals surface area contributed by atoms with Crippen LogP contribution in [0, 0.1) is 0 Å². The molecule has 0 radical (unpaired) electrons. The van der Waals surface area contributed by atoms with E-state index in [1.54, 1.807) is 7.11 Å². The summed E-state index contributed by atoms with van der Waals surface area (Å²) in [7, 11) is 1.68. The topological polar surface area (TPSA) is 58.8 Å². The van der Waals surface area contributed by atoms with Crippen molar-refractivity contribution < 1.29 is 9.53 Å². The number of hydrogen-bond acceptors (Lipinski definition) is 4. The highest BCUT2D eigenvalue weighted by molar-refractivity contribution is 5.86. The van der Waals surface area contributed by atoms with Gasteiger partial charge >= 0.3 is 0 Å². The lowest BCUT2D eigenvalue weighted by molar-refractivity contribution is -0.132. The van der Waals surface area contributed by atoms with Gasteiger partial charge in [-0.3, -0.25) is 4.79 Å². The number of ether oxygens (including phenoxy) is 1. The second kappa shape index (κ2) is 11.0. The summed E-state index contributed by atoms with van der Waals surface area (Å²) in [6.45, 7) is 3.30. The van der Waals surface area contributed by atoms with E-state index in [-0.39, 0.29) is 36.6 Å². The van der Waals surface area contributed by atoms with Gasteiger partial charge in [0.2, 0.25) is 5.91 Å². The zero-order valence-corrected chi connectivity index (χ0v) is 17.0. The van der Waals surface area contributed by atoms with Crippen LogP contribution in [0.4, 0.5) is 5.69 Å². The molecule has 2 aromatic carbocycles. The maximum Gasteiger partial charge on any atom is 0.231 e. The van der Waals surface area contributed by atoms with Gasteiger partial charge < -0.3 is 20.3 Å². The number of para-hydroxylation sites is 2. The Kier molecular flexibility index (Phi) is 9.43. The summed E-state index contributed by atoms with van der Waals surface area (Å²) in [6.07, 6.45) is 0. The van der Waals surface area contributed by atoms with Crippen LogP contribution in [0.25, 0.3) is 0 Å². The first-order valence-electron chi connectivity index (χ1n) is 8.66. The van der Waals surface area contributed by atoms with Gasteiger partial charge in [-0.15, -0.1) is 24.8 Å². The molecule has 148 valence electrons. The SMILES string of the molecule is COc1ccccc1N1CCN(C(=O)C(CN)c2ccccc2)CC1.Cl.Cl. The lowest BCUT2D eigenvalue weighted by atomic mass is 9.97. The molecule has 27 heavy (non-hydrogen) atoms. The van der Waals surface area contributed by atoms with Gasteiger partial charge in [0.05, 0.1) is 18.7 Å². The maximum absolute atomic E-state index is 12.9. The number of anilines is 1. The van der Waals surface area contributed by atoms with Crippen molar-refractivity contribution in [3.8, 4) is 5.75 Å². The number of nitrogens with zero attached hydrogens (tertiary/aromatic N) is 2. The van der Waals surface area contributed by atoms with E-state index in [1.165, 1.54) is 0 Å². The molecule has 0 saturated carbocycles. The van der Waals surface area contributed by atoms with Crippen LogP contribution in [0.5, 0.6) is 5.75 Å². The summed E-state index contributed by atoms with van der Waals surface area (Å²) in [4.78, 5) is 17.1. The second-order valence-corrected chi connectivity index (χ2v) is 6.18. The standard InChI is InChI=1S/C20H25N3O2.2ClH/c1-25-19-10-6-5-9-18(19)22-11-13-23(14-12-22)20(24)17(15-21)16-7-3-2-4-8-16;;/h2-10,17H,11-15,21H2,1H3;2*1H. The van der Waals surface area contributed by atoms with Crippen LogP contribution >= 0.6 is 24.8 Å². The first-order valence-corrected chi connectivity index (χ1v) is 8.66. The average Bonchev–Trinajstić information content (AvgIpc) is 2.69. The summed E-state index contributed by atoms with van der Waals surface area (Å²) in [5.74, 6) is 0.721. The van der Waals surface area contributed by atoms with Crippen molar-refractivity contribution in [3.63, 3.8) is 0 Å². The van der Waals surface area contributed by atoms with E-state index in [0.29, 0.717) is 19.6 Å². The Hall–Kier alpha value is -1.95. The van der Waals surface area contributed by atoms with Crippen LogP contribution in [0.15, 0.2) is 54.6 Å². The third-order valence-corrected chi connectivity index (χ3v) is 4.75. The molecule has 1 aliphatic heterocycles. The molecule has 0 aliphatic carbocycles. The van der Waals surface area contributed by atoms with Crippen LogP contribution < -0.4 is 15.4 Å². The molecule has 5 nitrogen and oxygen atoms in total. The molecule has 2 aromatic rings. The average molecular weight is 412 g/mol. The second-order valence-electron chi connectivity index (χ2n) is 6.18. The van der Waals surface area contributed by atoms with Crippen molar-refractivity contribution >= 4 is 36.4 Å². The van der Waals surface area contributed by atoms with E-state index in [4.69, 9.17) is 10.5 Å². The van der Waals surface area contributed by atoms with Crippen molar-refractivity contribution in [3.05, 3.63) is 60.2 Å². The molecule has 1 unspecified atom stereocenters. The Morgan fingerprint density at radius 1 is 1.00 bits per heavy atom. The van der Waals surface area contributed by atoms with Gasteiger partial charge in [-0.2, -0.15) is 0 Å². The number of hydrogen-bond donors (Lipinski definition) is 1. The summed E-state index contributed by atoms with van der Waals surface area (Å²) in [5.41, 5.74) is 7.96. The predicted octanol–water partition coefficient (Wildman–Crippen LogP) is 2.93. The molecule has 1 heterocycles. The third kappa shape index (κ3) is 5.28. The zero-order valence-electron chi connectivity index (χ0n) is 15.4. The first kappa shape index (κ1) is 23.1. The number of benzene rings is 2. The van der Waals surface area contributed by atoms with E-state index in [1.807, 2.05) is 53.4 Å². The Bertz CT molecular complexity index is 707. The number of carbonyl (C=O) groups is 1. The molecule has 1 amide bonds. The molecule has 1 fully saturated rings. The quantitative estimate of drug-likeness (QED) is 0.821. The van der Waals surface area contributed by atoms with Crippen molar-refractivity contribution in [2.75, 3.05) is 44.7 Å². The summed E-state index contributed by atoms with van der Waals surface area (Å²) >= 11 is 0. The first-order chi connectivity index (χ1) is 12.2. The Morgan fingerprint density at radius 3 is 2.19 bits per heavy atom. The molecule has 1 atom stereocenters. The molecular weight excluding hydrogens is 385 g/mol. The van der Waals surface area contributed by atoms with Crippen molar-refractivity contribution in [1.82, 2.24) is 4.90 Å². The zero-order chi connectivity index (χ0) is 17.6. The Morgan fingerprint density at radius 2 is 1.59 bits per heavy atom. The molecule has 1 saturated heterocycles. The number of methoxy groups -OCH3 is 1. The Labute approximate surface area is 173 Å².